The van der Waals surface area contributed by atoms with Gasteiger partial charge in [0.15, 0.2) is 0 Å². The van der Waals surface area contributed by atoms with Crippen molar-refractivity contribution in [1.29, 1.82) is 0 Å². The van der Waals surface area contributed by atoms with Crippen LogP contribution in [0.3, 0.4) is 0 Å². The van der Waals surface area contributed by atoms with E-state index in [2.05, 4.69) is 20.8 Å². The second kappa shape index (κ2) is 7.68. The maximum absolute atomic E-state index is 13.0. The minimum absolute atomic E-state index is 0.256. The van der Waals surface area contributed by atoms with Crippen LogP contribution in [0.4, 0.5) is 9.52 Å². The minimum Gasteiger partial charge on any atom is -0.360 e. The van der Waals surface area contributed by atoms with Crippen molar-refractivity contribution in [3.05, 3.63) is 40.7 Å². The molecule has 0 fully saturated rings. The van der Waals surface area contributed by atoms with E-state index >= 15 is 0 Å². The third-order valence-electron chi connectivity index (χ3n) is 2.73. The van der Waals surface area contributed by atoms with Crippen LogP contribution in [0.25, 0.3) is 0 Å². The minimum atomic E-state index is -0.269. The van der Waals surface area contributed by atoms with E-state index in [9.17, 15) is 9.18 Å². The first-order chi connectivity index (χ1) is 10.2. The van der Waals surface area contributed by atoms with Gasteiger partial charge in [-0.1, -0.05) is 30.4 Å². The van der Waals surface area contributed by atoms with Gasteiger partial charge in [0.2, 0.25) is 10.1 Å². The van der Waals surface area contributed by atoms with Crippen LogP contribution in [0.1, 0.15) is 28.7 Å². The predicted molar refractivity (Wildman–Crippen MR) is 81.1 cm³/mol. The van der Waals surface area contributed by atoms with Crippen molar-refractivity contribution < 1.29 is 9.18 Å². The number of anilines is 1. The first-order valence-corrected chi connectivity index (χ1v) is 7.60. The largest absolute Gasteiger partial charge is 0.360 e. The number of halogens is 1. The molecule has 0 aliphatic carbocycles. The van der Waals surface area contributed by atoms with Crippen molar-refractivity contribution in [2.24, 2.45) is 0 Å². The average molecular weight is 308 g/mol. The molecule has 1 amide bonds. The molecule has 0 radical (unpaired) electrons. The van der Waals surface area contributed by atoms with E-state index in [4.69, 9.17) is 0 Å². The quantitative estimate of drug-likeness (QED) is 0.824. The summed E-state index contributed by atoms with van der Waals surface area (Å²) >= 11 is 1.22. The average Bonchev–Trinajstić information content (AvgIpc) is 2.94. The fourth-order valence-corrected chi connectivity index (χ4v) is 2.39. The van der Waals surface area contributed by atoms with E-state index in [1.165, 1.54) is 23.5 Å². The highest BCUT2D eigenvalue weighted by Gasteiger charge is 2.11. The van der Waals surface area contributed by atoms with Crippen LogP contribution in [0, 0.1) is 5.82 Å². The Morgan fingerprint density at radius 2 is 2.19 bits per heavy atom. The number of carbonyl (C=O) groups is 1. The molecule has 0 unspecified atom stereocenters. The molecule has 0 aliphatic heterocycles. The van der Waals surface area contributed by atoms with E-state index in [0.717, 1.165) is 18.5 Å². The molecule has 5 nitrogen and oxygen atoms in total. The summed E-state index contributed by atoms with van der Waals surface area (Å²) in [5.41, 5.74) is 0.845. The highest BCUT2D eigenvalue weighted by molar-refractivity contribution is 7.17. The van der Waals surface area contributed by atoms with Gasteiger partial charge in [-0.2, -0.15) is 0 Å². The van der Waals surface area contributed by atoms with Gasteiger partial charge in [0, 0.05) is 13.1 Å². The van der Waals surface area contributed by atoms with Crippen molar-refractivity contribution in [3.8, 4) is 0 Å². The van der Waals surface area contributed by atoms with Crippen LogP contribution >= 0.6 is 11.3 Å². The molecular weight excluding hydrogens is 291 g/mol. The molecule has 1 aromatic heterocycles. The predicted octanol–water partition coefficient (Wildman–Crippen LogP) is 2.47. The van der Waals surface area contributed by atoms with Gasteiger partial charge in [-0.3, -0.25) is 4.79 Å². The number of amides is 1. The van der Waals surface area contributed by atoms with Crippen molar-refractivity contribution in [3.63, 3.8) is 0 Å². The van der Waals surface area contributed by atoms with Crippen LogP contribution in [-0.2, 0) is 6.42 Å². The summed E-state index contributed by atoms with van der Waals surface area (Å²) in [5, 5.41) is 14.6. The summed E-state index contributed by atoms with van der Waals surface area (Å²) in [7, 11) is 0. The van der Waals surface area contributed by atoms with Gasteiger partial charge < -0.3 is 10.6 Å². The molecule has 2 aromatic rings. The van der Waals surface area contributed by atoms with Gasteiger partial charge in [0.1, 0.15) is 5.82 Å². The third-order valence-corrected chi connectivity index (χ3v) is 3.61. The lowest BCUT2D eigenvalue weighted by atomic mass is 10.1. The Kier molecular flexibility index (Phi) is 5.62. The molecule has 0 saturated carbocycles. The molecule has 21 heavy (non-hydrogen) atoms. The van der Waals surface area contributed by atoms with Crippen molar-refractivity contribution in [2.45, 2.75) is 19.8 Å². The van der Waals surface area contributed by atoms with Gasteiger partial charge in [-0.15, -0.1) is 10.2 Å². The molecule has 0 spiro atoms. The summed E-state index contributed by atoms with van der Waals surface area (Å²) in [6.07, 6.45) is 1.55. The molecule has 2 rings (SSSR count). The number of hydrogen-bond donors (Lipinski definition) is 2. The molecule has 2 N–H and O–H groups in total. The Bertz CT molecular complexity index is 602. The van der Waals surface area contributed by atoms with Crippen molar-refractivity contribution in [1.82, 2.24) is 15.5 Å². The lowest BCUT2D eigenvalue weighted by molar-refractivity contribution is 0.0953. The molecule has 1 heterocycles. The van der Waals surface area contributed by atoms with Crippen LogP contribution < -0.4 is 10.6 Å². The smallest absolute Gasteiger partial charge is 0.282 e. The number of nitrogens with zero attached hydrogens (tertiary/aromatic N) is 2. The first-order valence-electron chi connectivity index (χ1n) is 6.79. The number of rotatable bonds is 7. The molecule has 0 saturated heterocycles. The molecule has 0 aliphatic rings. The number of carbonyl (C=O) groups excluding carboxylic acids is 1. The van der Waals surface area contributed by atoms with Gasteiger partial charge in [0.25, 0.3) is 5.91 Å². The summed E-state index contributed by atoms with van der Waals surface area (Å²) in [5.74, 6) is -0.525. The van der Waals surface area contributed by atoms with E-state index in [0.29, 0.717) is 23.1 Å². The maximum Gasteiger partial charge on any atom is 0.282 e. The van der Waals surface area contributed by atoms with Crippen LogP contribution in [-0.4, -0.2) is 29.2 Å². The highest BCUT2D eigenvalue weighted by Crippen LogP contribution is 2.14. The Morgan fingerprint density at radius 3 is 2.95 bits per heavy atom. The van der Waals surface area contributed by atoms with Crippen molar-refractivity contribution >= 4 is 22.4 Å². The zero-order valence-electron chi connectivity index (χ0n) is 11.7. The second-order valence-electron chi connectivity index (χ2n) is 4.47. The topological polar surface area (TPSA) is 66.9 Å². The van der Waals surface area contributed by atoms with E-state index in [-0.39, 0.29) is 11.7 Å². The highest BCUT2D eigenvalue weighted by atomic mass is 32.1. The molecule has 1 aromatic carbocycles. The molecule has 7 heteroatoms. The Hall–Kier alpha value is -2.02. The fraction of sp³-hybridized carbons (Fsp3) is 0.357. The molecule has 112 valence electrons. The van der Waals surface area contributed by atoms with Gasteiger partial charge in [0.05, 0.1) is 0 Å². The van der Waals surface area contributed by atoms with E-state index < -0.39 is 0 Å². The van der Waals surface area contributed by atoms with Crippen LogP contribution in [0.2, 0.25) is 0 Å². The van der Waals surface area contributed by atoms with Gasteiger partial charge >= 0.3 is 0 Å². The van der Waals surface area contributed by atoms with Crippen LogP contribution in [0.15, 0.2) is 24.3 Å². The lowest BCUT2D eigenvalue weighted by Crippen LogP contribution is -2.25. The molecular formula is C14H17FN4OS. The monoisotopic (exact) mass is 308 g/mol. The lowest BCUT2D eigenvalue weighted by Gasteiger charge is -2.03. The first kappa shape index (κ1) is 15.4. The third kappa shape index (κ3) is 4.78. The number of nitrogens with one attached hydrogen (secondary N) is 2. The molecule has 0 bridgehead atoms. The zero-order chi connectivity index (χ0) is 15.1. The number of aromatic nitrogens is 2. The Labute approximate surface area is 126 Å². The number of benzene rings is 1. The van der Waals surface area contributed by atoms with Crippen LogP contribution in [0.5, 0.6) is 0 Å². The van der Waals surface area contributed by atoms with E-state index in [1.807, 2.05) is 13.0 Å². The normalized spacial score (nSPS) is 10.4. The van der Waals surface area contributed by atoms with E-state index in [1.54, 1.807) is 6.07 Å². The van der Waals surface area contributed by atoms with Crippen molar-refractivity contribution in [2.75, 3.05) is 18.4 Å². The summed E-state index contributed by atoms with van der Waals surface area (Å²) in [4.78, 5) is 11.9. The number of hydrogen-bond acceptors (Lipinski definition) is 5. The maximum atomic E-state index is 13.0. The summed E-state index contributed by atoms with van der Waals surface area (Å²) in [6, 6.07) is 6.34. The summed E-state index contributed by atoms with van der Waals surface area (Å²) < 4.78 is 13.0. The van der Waals surface area contributed by atoms with Gasteiger partial charge in [-0.25, -0.2) is 4.39 Å². The second-order valence-corrected chi connectivity index (χ2v) is 5.45. The Balaban J connectivity index is 1.80. The van der Waals surface area contributed by atoms with Gasteiger partial charge in [-0.05, 0) is 30.5 Å². The Morgan fingerprint density at radius 1 is 1.33 bits per heavy atom. The standard InChI is InChI=1S/C14H17FN4OS/c1-2-7-17-14-19-18-13(21-14)12(20)16-8-6-10-4-3-5-11(15)9-10/h3-5,9H,2,6-8H2,1H3,(H,16,20)(H,17,19). The zero-order valence-corrected chi connectivity index (χ0v) is 12.5. The SMILES string of the molecule is CCCNc1nnc(C(=O)NCCc2cccc(F)c2)s1. The fourth-order valence-electron chi connectivity index (χ4n) is 1.71. The molecule has 0 atom stereocenters. The summed E-state index contributed by atoms with van der Waals surface area (Å²) in [6.45, 7) is 3.28.